The third-order valence-electron chi connectivity index (χ3n) is 2.47. The molecular weight excluding hydrogens is 264 g/mol. The normalized spacial score (nSPS) is 12.3. The molecule has 0 fully saturated rings. The Hall–Kier alpha value is -1.20. The summed E-state index contributed by atoms with van der Waals surface area (Å²) in [6.07, 6.45) is -0.149. The van der Waals surface area contributed by atoms with E-state index < -0.39 is 23.6 Å². The summed E-state index contributed by atoms with van der Waals surface area (Å²) in [5.41, 5.74) is -0.0938. The zero-order valence-electron chi connectivity index (χ0n) is 10.1. The first-order valence-corrected chi connectivity index (χ1v) is 5.78. The summed E-state index contributed by atoms with van der Waals surface area (Å²) < 4.78 is 25.9. The molecule has 1 aromatic rings. The predicted octanol–water partition coefficient (Wildman–Crippen LogP) is 2.46. The lowest BCUT2D eigenvalue weighted by Gasteiger charge is -2.18. The van der Waals surface area contributed by atoms with Crippen molar-refractivity contribution in [3.8, 4) is 0 Å². The molecule has 1 aromatic carbocycles. The number of hydrogen-bond acceptors (Lipinski definition) is 2. The van der Waals surface area contributed by atoms with E-state index in [4.69, 9.17) is 16.7 Å². The van der Waals surface area contributed by atoms with Crippen LogP contribution >= 0.6 is 11.6 Å². The second kappa shape index (κ2) is 6.11. The molecule has 0 bridgehead atoms. The number of hydrogen-bond donors (Lipinski definition) is 1. The fourth-order valence-electron chi connectivity index (χ4n) is 1.37. The van der Waals surface area contributed by atoms with Gasteiger partial charge in [-0.05, 0) is 25.5 Å². The van der Waals surface area contributed by atoms with Gasteiger partial charge in [-0.25, -0.2) is 8.78 Å². The summed E-state index contributed by atoms with van der Waals surface area (Å²) in [6, 6.07) is 1.55. The van der Waals surface area contributed by atoms with Crippen LogP contribution in [-0.2, 0) is 0 Å². The van der Waals surface area contributed by atoms with Crippen LogP contribution in [-0.4, -0.2) is 35.6 Å². The number of rotatable bonds is 4. The van der Waals surface area contributed by atoms with Gasteiger partial charge in [0.25, 0.3) is 5.91 Å². The zero-order chi connectivity index (χ0) is 13.9. The number of aliphatic hydroxyl groups excluding tert-OH is 1. The Morgan fingerprint density at radius 3 is 2.56 bits per heavy atom. The number of carbonyl (C=O) groups is 1. The molecule has 0 saturated heterocycles. The minimum absolute atomic E-state index is 0.0938. The molecule has 1 atom stereocenters. The molecule has 100 valence electrons. The van der Waals surface area contributed by atoms with E-state index in [0.717, 1.165) is 12.1 Å². The van der Waals surface area contributed by atoms with Crippen molar-refractivity contribution < 1.29 is 18.7 Å². The van der Waals surface area contributed by atoms with E-state index >= 15 is 0 Å². The number of aliphatic hydroxyl groups is 1. The molecule has 18 heavy (non-hydrogen) atoms. The number of carbonyl (C=O) groups excluding carboxylic acids is 1. The molecule has 6 heteroatoms. The second-order valence-corrected chi connectivity index (χ2v) is 4.52. The molecule has 0 aliphatic heterocycles. The van der Waals surface area contributed by atoms with Crippen molar-refractivity contribution >= 4 is 17.5 Å². The summed E-state index contributed by atoms with van der Waals surface area (Å²) in [6.45, 7) is 1.90. The maximum atomic E-state index is 13.1. The molecule has 1 N–H and O–H groups in total. The summed E-state index contributed by atoms with van der Waals surface area (Å²) in [7, 11) is 1.50. The number of nitrogens with zero attached hydrogens (tertiary/aromatic N) is 1. The van der Waals surface area contributed by atoms with Crippen LogP contribution in [0.1, 0.15) is 23.7 Å². The molecule has 1 unspecified atom stereocenters. The van der Waals surface area contributed by atoms with Gasteiger partial charge in [-0.2, -0.15) is 0 Å². The summed E-state index contributed by atoms with van der Waals surface area (Å²) >= 11 is 5.70. The lowest BCUT2D eigenvalue weighted by molar-refractivity contribution is 0.0768. The second-order valence-electron chi connectivity index (χ2n) is 4.11. The van der Waals surface area contributed by atoms with Gasteiger partial charge in [-0.1, -0.05) is 11.6 Å². The van der Waals surface area contributed by atoms with E-state index in [1.807, 2.05) is 0 Å². The molecular formula is C12H14ClF2NO2. The van der Waals surface area contributed by atoms with E-state index in [9.17, 15) is 13.6 Å². The quantitative estimate of drug-likeness (QED) is 0.859. The van der Waals surface area contributed by atoms with Crippen LogP contribution in [0.3, 0.4) is 0 Å². The van der Waals surface area contributed by atoms with Crippen molar-refractivity contribution in [3.05, 3.63) is 34.4 Å². The predicted molar refractivity (Wildman–Crippen MR) is 64.6 cm³/mol. The lowest BCUT2D eigenvalue weighted by atomic mass is 10.1. The van der Waals surface area contributed by atoms with Gasteiger partial charge in [0.2, 0.25) is 0 Å². The number of halogens is 3. The van der Waals surface area contributed by atoms with Gasteiger partial charge < -0.3 is 10.0 Å². The van der Waals surface area contributed by atoms with Crippen molar-refractivity contribution in [1.82, 2.24) is 4.90 Å². The molecule has 0 aromatic heterocycles. The fourth-order valence-corrected chi connectivity index (χ4v) is 1.61. The molecule has 0 aliphatic rings. The lowest BCUT2D eigenvalue weighted by Crippen LogP contribution is -2.29. The average molecular weight is 278 g/mol. The smallest absolute Gasteiger partial charge is 0.255 e. The van der Waals surface area contributed by atoms with E-state index in [1.54, 1.807) is 6.92 Å². The topological polar surface area (TPSA) is 40.5 Å². The molecule has 0 heterocycles. The highest BCUT2D eigenvalue weighted by Gasteiger charge is 2.18. The molecule has 3 nitrogen and oxygen atoms in total. The Balaban J connectivity index is 2.87. The maximum Gasteiger partial charge on any atom is 0.255 e. The third kappa shape index (κ3) is 3.65. The van der Waals surface area contributed by atoms with E-state index in [1.165, 1.54) is 11.9 Å². The van der Waals surface area contributed by atoms with Gasteiger partial charge in [0.1, 0.15) is 0 Å². The highest BCUT2D eigenvalue weighted by Crippen LogP contribution is 2.21. The van der Waals surface area contributed by atoms with Crippen molar-refractivity contribution in [3.63, 3.8) is 0 Å². The Labute approximate surface area is 109 Å². The first kappa shape index (κ1) is 14.9. The average Bonchev–Trinajstić information content (AvgIpc) is 2.29. The van der Waals surface area contributed by atoms with Gasteiger partial charge in [-0.3, -0.25) is 4.79 Å². The highest BCUT2D eigenvalue weighted by atomic mass is 35.5. The van der Waals surface area contributed by atoms with Crippen LogP contribution < -0.4 is 0 Å². The number of benzene rings is 1. The minimum Gasteiger partial charge on any atom is -0.393 e. The summed E-state index contributed by atoms with van der Waals surface area (Å²) in [5.74, 6) is -2.73. The van der Waals surface area contributed by atoms with Gasteiger partial charge in [-0.15, -0.1) is 0 Å². The van der Waals surface area contributed by atoms with Crippen LogP contribution in [0.2, 0.25) is 5.02 Å². The molecule has 0 spiro atoms. The molecule has 0 saturated carbocycles. The summed E-state index contributed by atoms with van der Waals surface area (Å²) in [4.78, 5) is 13.2. The Kier molecular flexibility index (Phi) is 5.04. The summed E-state index contributed by atoms with van der Waals surface area (Å²) in [5, 5.41) is 8.98. The largest absolute Gasteiger partial charge is 0.393 e. The standard InChI is InChI=1S/C12H14ClF2NO2/c1-7(17)3-4-16(2)12(18)8-5-10(14)11(15)6-9(8)13/h5-7,17H,3-4H2,1-2H3. The van der Waals surface area contributed by atoms with Gasteiger partial charge in [0.05, 0.1) is 16.7 Å². The monoisotopic (exact) mass is 277 g/mol. The third-order valence-corrected chi connectivity index (χ3v) is 2.78. The zero-order valence-corrected chi connectivity index (χ0v) is 10.8. The number of amides is 1. The first-order valence-electron chi connectivity index (χ1n) is 5.41. The minimum atomic E-state index is -1.12. The van der Waals surface area contributed by atoms with Crippen LogP contribution in [0.25, 0.3) is 0 Å². The van der Waals surface area contributed by atoms with Crippen molar-refractivity contribution in [2.45, 2.75) is 19.4 Å². The van der Waals surface area contributed by atoms with Crippen LogP contribution in [0, 0.1) is 11.6 Å². The molecule has 1 rings (SSSR count). The van der Waals surface area contributed by atoms with E-state index in [0.29, 0.717) is 13.0 Å². The van der Waals surface area contributed by atoms with Crippen LogP contribution in [0.4, 0.5) is 8.78 Å². The fraction of sp³-hybridized carbons (Fsp3) is 0.417. The Morgan fingerprint density at radius 1 is 1.44 bits per heavy atom. The van der Waals surface area contributed by atoms with E-state index in [-0.39, 0.29) is 10.6 Å². The molecule has 0 radical (unpaired) electrons. The maximum absolute atomic E-state index is 13.1. The van der Waals surface area contributed by atoms with Gasteiger partial charge >= 0.3 is 0 Å². The SMILES string of the molecule is CC(O)CCN(C)C(=O)c1cc(F)c(F)cc1Cl. The van der Waals surface area contributed by atoms with Gasteiger partial charge in [0, 0.05) is 13.6 Å². The Morgan fingerprint density at radius 2 is 2.00 bits per heavy atom. The van der Waals surface area contributed by atoms with Crippen LogP contribution in [0.15, 0.2) is 12.1 Å². The van der Waals surface area contributed by atoms with Crippen LogP contribution in [0.5, 0.6) is 0 Å². The Bertz CT molecular complexity index is 452. The highest BCUT2D eigenvalue weighted by molar-refractivity contribution is 6.33. The van der Waals surface area contributed by atoms with E-state index in [2.05, 4.69) is 0 Å². The van der Waals surface area contributed by atoms with Crippen molar-refractivity contribution in [2.24, 2.45) is 0 Å². The van der Waals surface area contributed by atoms with Crippen molar-refractivity contribution in [2.75, 3.05) is 13.6 Å². The van der Waals surface area contributed by atoms with Crippen molar-refractivity contribution in [1.29, 1.82) is 0 Å². The van der Waals surface area contributed by atoms with Gasteiger partial charge in [0.15, 0.2) is 11.6 Å². The first-order chi connectivity index (χ1) is 8.32. The molecule has 1 amide bonds. The molecule has 0 aliphatic carbocycles.